The lowest BCUT2D eigenvalue weighted by atomic mass is 9.91. The third-order valence-electron chi connectivity index (χ3n) is 10.7. The number of aromatic nitrogens is 4. The Morgan fingerprint density at radius 2 is 0.500 bits per heavy atom. The van der Waals surface area contributed by atoms with E-state index >= 15 is 0 Å². The molecule has 8 heteroatoms. The van der Waals surface area contributed by atoms with E-state index in [9.17, 15) is 0 Å². The molecule has 0 atom stereocenters. The quantitative estimate of drug-likeness (QED) is 0.121. The molecule has 8 nitrogen and oxygen atoms in total. The van der Waals surface area contributed by atoms with Crippen molar-refractivity contribution < 1.29 is 18.9 Å². The molecule has 0 aliphatic heterocycles. The lowest BCUT2D eigenvalue weighted by Gasteiger charge is -2.23. The summed E-state index contributed by atoms with van der Waals surface area (Å²) in [6, 6.07) is 41.7. The minimum atomic E-state index is 0.378. The number of rotatable bonds is 12. The van der Waals surface area contributed by atoms with Crippen LogP contribution in [0.2, 0.25) is 0 Å². The predicted octanol–water partition coefficient (Wildman–Crippen LogP) is 10.3. The molecule has 9 rings (SSSR count). The number of ether oxygens (including phenoxy) is 4. The second-order valence-corrected chi connectivity index (χ2v) is 14.9. The first-order chi connectivity index (χ1) is 29.7. The van der Waals surface area contributed by atoms with E-state index in [1.165, 1.54) is 0 Å². The minimum absolute atomic E-state index is 0.378. The molecule has 0 spiro atoms. The fraction of sp³-hybridized carbons (Fsp3) is 0.154. The maximum absolute atomic E-state index is 6.84. The Morgan fingerprint density at radius 1 is 0.283 bits per heavy atom. The van der Waals surface area contributed by atoms with Crippen LogP contribution in [0.3, 0.4) is 0 Å². The average Bonchev–Trinajstić information content (AvgIpc) is 3.29. The monoisotopic (exact) mass is 788 g/mol. The molecule has 0 saturated heterocycles. The van der Waals surface area contributed by atoms with Crippen LogP contribution in [0.1, 0.15) is 66.8 Å². The molecule has 0 unspecified atom stereocenters. The molecule has 60 heavy (non-hydrogen) atoms. The molecular formula is C52H44N4O4. The molecule has 4 aromatic carbocycles. The Kier molecular flexibility index (Phi) is 11.8. The summed E-state index contributed by atoms with van der Waals surface area (Å²) >= 11 is 0. The van der Waals surface area contributed by atoms with Crippen LogP contribution >= 0.6 is 0 Å². The number of fused-ring (bicyclic) bond motifs is 8. The standard InChI is InChI=1S/C52H44N4O4/c1-13-41-25-43-15-2-17-45(50(43)58-34-38-10-6-22-54-30-38)27-47-19-4-20-48(52(47)60-36-40-12-8-24-56-32-40)28-46-18-3-16-44(51(46)59-35-39-11-7-23-55-31-39)26-42(14-1)49(41)57-33-37-9-5-21-53-29-37/h1-24,29-32H,25-28,33-36H2. The number of hydrogen-bond acceptors (Lipinski definition) is 8. The van der Waals surface area contributed by atoms with Crippen LogP contribution in [0.5, 0.6) is 23.0 Å². The third kappa shape index (κ3) is 9.19. The molecule has 296 valence electrons. The summed E-state index contributed by atoms with van der Waals surface area (Å²) in [6.07, 6.45) is 16.9. The smallest absolute Gasteiger partial charge is 0.126 e. The first-order valence-corrected chi connectivity index (χ1v) is 20.2. The van der Waals surface area contributed by atoms with Gasteiger partial charge in [0.1, 0.15) is 49.4 Å². The van der Waals surface area contributed by atoms with Gasteiger partial charge in [-0.1, -0.05) is 97.1 Å². The van der Waals surface area contributed by atoms with E-state index in [0.717, 1.165) is 89.8 Å². The molecule has 4 aromatic heterocycles. The zero-order valence-electron chi connectivity index (χ0n) is 33.2. The summed E-state index contributed by atoms with van der Waals surface area (Å²) in [5, 5.41) is 0. The highest BCUT2D eigenvalue weighted by Crippen LogP contribution is 2.39. The van der Waals surface area contributed by atoms with Crippen LogP contribution in [-0.4, -0.2) is 19.9 Å². The lowest BCUT2D eigenvalue weighted by Crippen LogP contribution is -2.09. The molecule has 0 radical (unpaired) electrons. The molecular weight excluding hydrogens is 745 g/mol. The molecule has 0 amide bonds. The fourth-order valence-corrected chi connectivity index (χ4v) is 7.78. The van der Waals surface area contributed by atoms with E-state index in [4.69, 9.17) is 18.9 Å². The average molecular weight is 789 g/mol. The van der Waals surface area contributed by atoms with Crippen LogP contribution in [0.15, 0.2) is 171 Å². The number of nitrogens with zero attached hydrogens (tertiary/aromatic N) is 4. The predicted molar refractivity (Wildman–Crippen MR) is 231 cm³/mol. The molecule has 4 heterocycles. The van der Waals surface area contributed by atoms with E-state index in [1.54, 1.807) is 24.8 Å². The molecule has 8 aromatic rings. The highest BCUT2D eigenvalue weighted by atomic mass is 16.5. The molecule has 0 fully saturated rings. The SMILES string of the molecule is c1cncc(COc2c3cccc2Cc2cccc(c2OCc2cccnc2)Cc2cccc(c2OCc2cccnc2)Cc2cccc(c2OCc2cccnc2)C3)c1. The summed E-state index contributed by atoms with van der Waals surface area (Å²) in [4.78, 5) is 17.4. The summed E-state index contributed by atoms with van der Waals surface area (Å²) in [6.45, 7) is 1.51. The van der Waals surface area contributed by atoms with Crippen LogP contribution in [-0.2, 0) is 52.1 Å². The molecule has 0 saturated carbocycles. The van der Waals surface area contributed by atoms with Gasteiger partial charge in [-0.2, -0.15) is 0 Å². The molecule has 1 aliphatic carbocycles. The summed E-state index contributed by atoms with van der Waals surface area (Å²) in [5.74, 6) is 3.38. The van der Waals surface area contributed by atoms with E-state index in [-0.39, 0.29) is 0 Å². The Labute approximate surface area is 350 Å². The number of benzene rings is 4. The number of hydrogen-bond donors (Lipinski definition) is 0. The van der Waals surface area contributed by atoms with Crippen molar-refractivity contribution >= 4 is 0 Å². The van der Waals surface area contributed by atoms with Crippen molar-refractivity contribution in [3.05, 3.63) is 238 Å². The first-order valence-electron chi connectivity index (χ1n) is 20.2. The largest absolute Gasteiger partial charge is 0.488 e. The van der Waals surface area contributed by atoms with Gasteiger partial charge in [0.05, 0.1) is 0 Å². The maximum atomic E-state index is 6.84. The number of para-hydroxylation sites is 4. The van der Waals surface area contributed by atoms with Gasteiger partial charge in [0.2, 0.25) is 0 Å². The molecule has 0 N–H and O–H groups in total. The van der Waals surface area contributed by atoms with Gasteiger partial charge in [-0.05, 0) is 68.8 Å². The van der Waals surface area contributed by atoms with Crippen molar-refractivity contribution in [1.82, 2.24) is 19.9 Å². The second-order valence-electron chi connectivity index (χ2n) is 14.9. The molecule has 8 bridgehead atoms. The Hall–Kier alpha value is -7.32. The number of pyridine rings is 4. The van der Waals surface area contributed by atoms with Crippen molar-refractivity contribution in [2.24, 2.45) is 0 Å². The van der Waals surface area contributed by atoms with Gasteiger partial charge in [-0.15, -0.1) is 0 Å². The zero-order chi connectivity index (χ0) is 40.4. The highest BCUT2D eigenvalue weighted by Gasteiger charge is 2.22. The van der Waals surface area contributed by atoms with Crippen molar-refractivity contribution in [3.63, 3.8) is 0 Å². The maximum Gasteiger partial charge on any atom is 0.126 e. The van der Waals surface area contributed by atoms with E-state index in [0.29, 0.717) is 52.1 Å². The first kappa shape index (κ1) is 38.2. The fourth-order valence-electron chi connectivity index (χ4n) is 7.78. The summed E-state index contributed by atoms with van der Waals surface area (Å²) < 4.78 is 27.3. The molecule has 1 aliphatic rings. The van der Waals surface area contributed by atoms with Crippen LogP contribution in [0.25, 0.3) is 0 Å². The van der Waals surface area contributed by atoms with Gasteiger partial charge in [-0.3, -0.25) is 19.9 Å². The van der Waals surface area contributed by atoms with Crippen LogP contribution in [0.4, 0.5) is 0 Å². The third-order valence-corrected chi connectivity index (χ3v) is 10.7. The van der Waals surface area contributed by atoms with E-state index in [2.05, 4.69) is 92.7 Å². The van der Waals surface area contributed by atoms with Gasteiger partial charge in [0.15, 0.2) is 0 Å². The normalized spacial score (nSPS) is 12.0. The summed E-state index contributed by atoms with van der Waals surface area (Å²) in [7, 11) is 0. The minimum Gasteiger partial charge on any atom is -0.488 e. The van der Waals surface area contributed by atoms with Gasteiger partial charge in [0, 0.05) is 97.5 Å². The topological polar surface area (TPSA) is 88.5 Å². The second kappa shape index (κ2) is 18.5. The Bertz CT molecular complexity index is 2210. The highest BCUT2D eigenvalue weighted by molar-refractivity contribution is 5.56. The lowest BCUT2D eigenvalue weighted by molar-refractivity contribution is 0.293. The Balaban J connectivity index is 1.20. The van der Waals surface area contributed by atoms with Crippen molar-refractivity contribution in [2.75, 3.05) is 0 Å². The van der Waals surface area contributed by atoms with Crippen molar-refractivity contribution in [1.29, 1.82) is 0 Å². The Morgan fingerprint density at radius 3 is 0.683 bits per heavy atom. The van der Waals surface area contributed by atoms with Crippen LogP contribution < -0.4 is 18.9 Å². The van der Waals surface area contributed by atoms with E-state index < -0.39 is 0 Å². The zero-order valence-corrected chi connectivity index (χ0v) is 33.2. The van der Waals surface area contributed by atoms with Gasteiger partial charge in [0.25, 0.3) is 0 Å². The van der Waals surface area contributed by atoms with Gasteiger partial charge in [-0.25, -0.2) is 0 Å². The van der Waals surface area contributed by atoms with Crippen molar-refractivity contribution in [2.45, 2.75) is 52.1 Å². The van der Waals surface area contributed by atoms with Crippen molar-refractivity contribution in [3.8, 4) is 23.0 Å². The summed E-state index contributed by atoms with van der Waals surface area (Å²) in [5.41, 5.74) is 12.4. The van der Waals surface area contributed by atoms with E-state index in [1.807, 2.05) is 73.3 Å². The van der Waals surface area contributed by atoms with Gasteiger partial charge < -0.3 is 18.9 Å². The van der Waals surface area contributed by atoms with Crippen LogP contribution in [0, 0.1) is 0 Å². The van der Waals surface area contributed by atoms with Gasteiger partial charge >= 0.3 is 0 Å².